The first-order valence-corrected chi connectivity index (χ1v) is 8.02. The summed E-state index contributed by atoms with van der Waals surface area (Å²) in [5, 5.41) is 12.8. The number of hydrogen-bond donors (Lipinski definition) is 2. The molecular weight excluding hydrogens is 328 g/mol. The van der Waals surface area contributed by atoms with E-state index in [2.05, 4.69) is 5.32 Å². The number of nitrogens with one attached hydrogen (secondary N) is 1. The van der Waals surface area contributed by atoms with E-state index in [1.807, 2.05) is 12.1 Å². The van der Waals surface area contributed by atoms with Gasteiger partial charge in [0.2, 0.25) is 11.8 Å². The van der Waals surface area contributed by atoms with Crippen LogP contribution in [0.3, 0.4) is 0 Å². The van der Waals surface area contributed by atoms with Crippen LogP contribution in [0.15, 0.2) is 48.5 Å². The lowest BCUT2D eigenvalue weighted by Crippen LogP contribution is -2.32. The lowest BCUT2D eigenvalue weighted by molar-refractivity contribution is -0.126. The average Bonchev–Trinajstić information content (AvgIpc) is 2.97. The zero-order chi connectivity index (χ0) is 17.1. The smallest absolute Gasteiger partial charge is 0.227 e. The Hall–Kier alpha value is -2.53. The van der Waals surface area contributed by atoms with Crippen LogP contribution in [0.2, 0.25) is 5.02 Å². The summed E-state index contributed by atoms with van der Waals surface area (Å²) in [6, 6.07) is 13.6. The number of hydrogen-bond acceptors (Lipinski definition) is 3. The maximum Gasteiger partial charge on any atom is 0.227 e. The molecule has 0 spiro atoms. The summed E-state index contributed by atoms with van der Waals surface area (Å²) in [6.07, 6.45) is 0.188. The van der Waals surface area contributed by atoms with Crippen LogP contribution < -0.4 is 10.2 Å². The van der Waals surface area contributed by atoms with Crippen molar-refractivity contribution in [3.05, 3.63) is 59.1 Å². The van der Waals surface area contributed by atoms with Gasteiger partial charge in [0.1, 0.15) is 5.75 Å². The number of nitrogens with zero attached hydrogens (tertiary/aromatic N) is 1. The number of phenols is 1. The maximum atomic E-state index is 12.3. The number of amides is 2. The van der Waals surface area contributed by atoms with Gasteiger partial charge in [-0.1, -0.05) is 23.7 Å². The molecule has 124 valence electrons. The molecule has 1 fully saturated rings. The summed E-state index contributed by atoms with van der Waals surface area (Å²) in [5.41, 5.74) is 1.64. The Balaban J connectivity index is 1.59. The molecule has 2 amide bonds. The van der Waals surface area contributed by atoms with E-state index in [0.29, 0.717) is 23.8 Å². The molecule has 1 aliphatic heterocycles. The Kier molecular flexibility index (Phi) is 4.71. The molecular formula is C18H17ClN2O3. The topological polar surface area (TPSA) is 69.6 Å². The fourth-order valence-electron chi connectivity index (χ4n) is 2.70. The fraction of sp³-hybridized carbons (Fsp3) is 0.222. The molecule has 24 heavy (non-hydrogen) atoms. The van der Waals surface area contributed by atoms with E-state index >= 15 is 0 Å². The first-order valence-electron chi connectivity index (χ1n) is 7.64. The largest absolute Gasteiger partial charge is 0.508 e. The van der Waals surface area contributed by atoms with E-state index in [4.69, 9.17) is 11.6 Å². The van der Waals surface area contributed by atoms with Crippen LogP contribution in [0.1, 0.15) is 12.0 Å². The summed E-state index contributed by atoms with van der Waals surface area (Å²) < 4.78 is 0. The summed E-state index contributed by atoms with van der Waals surface area (Å²) >= 11 is 5.83. The number of phenolic OH excluding ortho intramolecular Hbond substituents is 1. The molecule has 5 nitrogen and oxygen atoms in total. The Morgan fingerprint density at radius 1 is 1.17 bits per heavy atom. The first kappa shape index (κ1) is 16.3. The number of carbonyl (C=O) groups excluding carboxylic acids is 2. The molecule has 3 rings (SSSR count). The lowest BCUT2D eigenvalue weighted by atomic mass is 10.1. The van der Waals surface area contributed by atoms with E-state index in [0.717, 1.165) is 5.56 Å². The first-order chi connectivity index (χ1) is 11.5. The number of anilines is 1. The van der Waals surface area contributed by atoms with E-state index < -0.39 is 0 Å². The van der Waals surface area contributed by atoms with Crippen molar-refractivity contribution < 1.29 is 14.7 Å². The van der Waals surface area contributed by atoms with Crippen molar-refractivity contribution in [2.45, 2.75) is 13.0 Å². The fourth-order valence-corrected chi connectivity index (χ4v) is 2.83. The highest BCUT2D eigenvalue weighted by Crippen LogP contribution is 2.26. The van der Waals surface area contributed by atoms with Gasteiger partial charge in [-0.25, -0.2) is 0 Å². The summed E-state index contributed by atoms with van der Waals surface area (Å²) in [7, 11) is 0. The summed E-state index contributed by atoms with van der Waals surface area (Å²) in [6.45, 7) is 0.746. The monoisotopic (exact) mass is 344 g/mol. The van der Waals surface area contributed by atoms with Crippen molar-refractivity contribution in [1.82, 2.24) is 5.32 Å². The molecule has 6 heteroatoms. The van der Waals surface area contributed by atoms with Crippen molar-refractivity contribution in [1.29, 1.82) is 0 Å². The molecule has 2 aromatic carbocycles. The van der Waals surface area contributed by atoms with Gasteiger partial charge in [-0.05, 0) is 42.0 Å². The minimum Gasteiger partial charge on any atom is -0.508 e. The number of halogens is 1. The van der Waals surface area contributed by atoms with Crippen molar-refractivity contribution >= 4 is 29.1 Å². The van der Waals surface area contributed by atoms with Crippen LogP contribution in [-0.4, -0.2) is 23.5 Å². The van der Waals surface area contributed by atoms with Gasteiger partial charge in [0.25, 0.3) is 0 Å². The van der Waals surface area contributed by atoms with Gasteiger partial charge >= 0.3 is 0 Å². The van der Waals surface area contributed by atoms with E-state index in [1.54, 1.807) is 29.2 Å². The molecule has 1 aliphatic rings. The van der Waals surface area contributed by atoms with E-state index in [9.17, 15) is 14.7 Å². The third kappa shape index (κ3) is 3.68. The van der Waals surface area contributed by atoms with Crippen LogP contribution >= 0.6 is 11.6 Å². The summed E-state index contributed by atoms with van der Waals surface area (Å²) in [4.78, 5) is 26.0. The van der Waals surface area contributed by atoms with E-state index in [-0.39, 0.29) is 29.9 Å². The molecule has 2 aromatic rings. The molecule has 0 aromatic heterocycles. The van der Waals surface area contributed by atoms with Crippen molar-refractivity contribution in [2.75, 3.05) is 11.4 Å². The van der Waals surface area contributed by atoms with Crippen molar-refractivity contribution in [3.8, 4) is 5.75 Å². The second-order valence-electron chi connectivity index (χ2n) is 5.77. The van der Waals surface area contributed by atoms with Crippen LogP contribution in [0.5, 0.6) is 5.75 Å². The standard InChI is InChI=1S/C18H17ClN2O3/c19-14-3-1-12(2-4-14)10-20-18(24)13-9-17(23)21(11-13)15-5-7-16(22)8-6-15/h1-8,13,22H,9-11H2,(H,20,24). The Labute approximate surface area is 144 Å². The Bertz CT molecular complexity index is 744. The normalized spacial score (nSPS) is 17.1. The molecule has 0 bridgehead atoms. The highest BCUT2D eigenvalue weighted by atomic mass is 35.5. The Morgan fingerprint density at radius 3 is 2.50 bits per heavy atom. The zero-order valence-corrected chi connectivity index (χ0v) is 13.7. The predicted molar refractivity (Wildman–Crippen MR) is 91.9 cm³/mol. The van der Waals surface area contributed by atoms with Gasteiger partial charge in [0.05, 0.1) is 5.92 Å². The quantitative estimate of drug-likeness (QED) is 0.896. The lowest BCUT2D eigenvalue weighted by Gasteiger charge is -2.16. The van der Waals surface area contributed by atoms with Gasteiger partial charge in [0.15, 0.2) is 0 Å². The third-order valence-electron chi connectivity index (χ3n) is 4.04. The molecule has 1 atom stereocenters. The molecule has 1 unspecified atom stereocenters. The van der Waals surface area contributed by atoms with Gasteiger partial charge in [-0.15, -0.1) is 0 Å². The molecule has 0 aliphatic carbocycles. The van der Waals surface area contributed by atoms with Gasteiger partial charge in [-0.3, -0.25) is 9.59 Å². The molecule has 1 heterocycles. The van der Waals surface area contributed by atoms with Gasteiger partial charge in [0, 0.05) is 30.2 Å². The third-order valence-corrected chi connectivity index (χ3v) is 4.29. The molecule has 0 radical (unpaired) electrons. The number of benzene rings is 2. The van der Waals surface area contributed by atoms with Crippen LogP contribution in [0.25, 0.3) is 0 Å². The average molecular weight is 345 g/mol. The van der Waals surface area contributed by atoms with Crippen LogP contribution in [0, 0.1) is 5.92 Å². The molecule has 2 N–H and O–H groups in total. The second-order valence-corrected chi connectivity index (χ2v) is 6.20. The SMILES string of the molecule is O=C(NCc1ccc(Cl)cc1)C1CC(=O)N(c2ccc(O)cc2)C1. The maximum absolute atomic E-state index is 12.3. The predicted octanol–water partition coefficient (Wildman–Crippen LogP) is 2.71. The minimum atomic E-state index is -0.376. The Morgan fingerprint density at radius 2 is 1.83 bits per heavy atom. The van der Waals surface area contributed by atoms with Crippen LogP contribution in [-0.2, 0) is 16.1 Å². The summed E-state index contributed by atoms with van der Waals surface area (Å²) in [5.74, 6) is -0.465. The zero-order valence-electron chi connectivity index (χ0n) is 12.9. The van der Waals surface area contributed by atoms with E-state index in [1.165, 1.54) is 12.1 Å². The number of aromatic hydroxyl groups is 1. The molecule has 0 saturated carbocycles. The number of rotatable bonds is 4. The van der Waals surface area contributed by atoms with Crippen molar-refractivity contribution in [2.24, 2.45) is 5.92 Å². The number of carbonyl (C=O) groups is 2. The van der Waals surface area contributed by atoms with Gasteiger partial charge < -0.3 is 15.3 Å². The van der Waals surface area contributed by atoms with Crippen molar-refractivity contribution in [3.63, 3.8) is 0 Å². The van der Waals surface area contributed by atoms with Crippen LogP contribution in [0.4, 0.5) is 5.69 Å². The second kappa shape index (κ2) is 6.93. The highest BCUT2D eigenvalue weighted by molar-refractivity contribution is 6.30. The molecule has 1 saturated heterocycles. The minimum absolute atomic E-state index is 0.0904. The highest BCUT2D eigenvalue weighted by Gasteiger charge is 2.34. The van der Waals surface area contributed by atoms with Gasteiger partial charge in [-0.2, -0.15) is 0 Å².